The Bertz CT molecular complexity index is 647. The molecule has 1 amide bonds. The van der Waals surface area contributed by atoms with Crippen LogP contribution < -0.4 is 10.1 Å². The highest BCUT2D eigenvalue weighted by Crippen LogP contribution is 2.21. The lowest BCUT2D eigenvalue weighted by atomic mass is 10.2. The molecule has 0 radical (unpaired) electrons. The number of carbonyl (C=O) groups is 1. The minimum Gasteiger partial charge on any atom is -0.478 e. The van der Waals surface area contributed by atoms with Crippen LogP contribution in [0.25, 0.3) is 0 Å². The van der Waals surface area contributed by atoms with Crippen LogP contribution in [0.1, 0.15) is 22.8 Å². The Balaban J connectivity index is 2.07. The number of rotatable bonds is 5. The van der Waals surface area contributed by atoms with E-state index in [2.05, 4.69) is 10.3 Å². The summed E-state index contributed by atoms with van der Waals surface area (Å²) in [4.78, 5) is 16.3. The van der Waals surface area contributed by atoms with E-state index in [1.807, 2.05) is 13.0 Å². The number of ether oxygens (including phenoxy) is 1. The van der Waals surface area contributed by atoms with E-state index in [4.69, 9.17) is 27.9 Å². The lowest BCUT2D eigenvalue weighted by Crippen LogP contribution is -2.23. The molecule has 2 rings (SSSR count). The van der Waals surface area contributed by atoms with Crippen LogP contribution in [-0.4, -0.2) is 17.5 Å². The topological polar surface area (TPSA) is 51.2 Å². The number of nitrogens with zero attached hydrogens (tertiary/aromatic N) is 1. The van der Waals surface area contributed by atoms with Gasteiger partial charge in [-0.05, 0) is 31.2 Å². The Morgan fingerprint density at radius 2 is 2.14 bits per heavy atom. The predicted molar refractivity (Wildman–Crippen MR) is 83.0 cm³/mol. The molecule has 0 unspecified atom stereocenters. The van der Waals surface area contributed by atoms with Gasteiger partial charge in [0.25, 0.3) is 5.91 Å². The van der Waals surface area contributed by atoms with Crippen LogP contribution in [0.15, 0.2) is 36.5 Å². The van der Waals surface area contributed by atoms with Crippen LogP contribution in [-0.2, 0) is 6.54 Å². The SMILES string of the molecule is CCOc1ncccc1CNC(=O)c1ccc(Cl)cc1Cl. The van der Waals surface area contributed by atoms with E-state index in [0.29, 0.717) is 34.6 Å². The number of nitrogens with one attached hydrogen (secondary N) is 1. The quantitative estimate of drug-likeness (QED) is 0.911. The molecule has 0 bridgehead atoms. The molecule has 0 atom stereocenters. The smallest absolute Gasteiger partial charge is 0.253 e. The highest BCUT2D eigenvalue weighted by Gasteiger charge is 2.12. The van der Waals surface area contributed by atoms with Gasteiger partial charge in [-0.3, -0.25) is 4.79 Å². The van der Waals surface area contributed by atoms with Crippen molar-refractivity contribution in [3.63, 3.8) is 0 Å². The minimum atomic E-state index is -0.275. The summed E-state index contributed by atoms with van der Waals surface area (Å²) < 4.78 is 5.41. The van der Waals surface area contributed by atoms with Crippen molar-refractivity contribution in [3.8, 4) is 5.88 Å². The highest BCUT2D eigenvalue weighted by molar-refractivity contribution is 6.36. The van der Waals surface area contributed by atoms with Gasteiger partial charge in [0.05, 0.1) is 17.2 Å². The molecule has 1 heterocycles. The third-order valence-corrected chi connectivity index (χ3v) is 3.29. The third kappa shape index (κ3) is 4.09. The zero-order chi connectivity index (χ0) is 15.2. The van der Waals surface area contributed by atoms with Gasteiger partial charge >= 0.3 is 0 Å². The average Bonchev–Trinajstić information content (AvgIpc) is 2.46. The summed E-state index contributed by atoms with van der Waals surface area (Å²) in [6.07, 6.45) is 1.65. The zero-order valence-electron chi connectivity index (χ0n) is 11.4. The number of amides is 1. The number of pyridine rings is 1. The molecule has 0 fully saturated rings. The average molecular weight is 325 g/mol. The highest BCUT2D eigenvalue weighted by atomic mass is 35.5. The molecule has 2 aromatic rings. The second-order valence-corrected chi connectivity index (χ2v) is 5.05. The molecule has 0 spiro atoms. The Morgan fingerprint density at radius 3 is 2.86 bits per heavy atom. The normalized spacial score (nSPS) is 10.2. The molecule has 6 heteroatoms. The largest absolute Gasteiger partial charge is 0.478 e. The Morgan fingerprint density at radius 1 is 1.33 bits per heavy atom. The van der Waals surface area contributed by atoms with Gasteiger partial charge in [0, 0.05) is 23.3 Å². The maximum absolute atomic E-state index is 12.1. The van der Waals surface area contributed by atoms with Crippen molar-refractivity contribution in [2.75, 3.05) is 6.61 Å². The maximum atomic E-state index is 12.1. The Labute approximate surface area is 133 Å². The number of halogens is 2. The van der Waals surface area contributed by atoms with Crippen LogP contribution in [0.3, 0.4) is 0 Å². The first-order chi connectivity index (χ1) is 10.1. The van der Waals surface area contributed by atoms with Crippen LogP contribution in [0.5, 0.6) is 5.88 Å². The van der Waals surface area contributed by atoms with Crippen molar-refractivity contribution in [3.05, 3.63) is 57.7 Å². The molecule has 1 aromatic carbocycles. The summed E-state index contributed by atoms with van der Waals surface area (Å²) >= 11 is 11.8. The Kier molecular flexibility index (Phi) is 5.42. The van der Waals surface area contributed by atoms with Crippen molar-refractivity contribution in [2.45, 2.75) is 13.5 Å². The second kappa shape index (κ2) is 7.29. The molecule has 4 nitrogen and oxygen atoms in total. The number of aromatic nitrogens is 1. The van der Waals surface area contributed by atoms with Gasteiger partial charge in [0.15, 0.2) is 0 Å². The maximum Gasteiger partial charge on any atom is 0.253 e. The fourth-order valence-electron chi connectivity index (χ4n) is 1.77. The van der Waals surface area contributed by atoms with E-state index in [1.54, 1.807) is 24.4 Å². The third-order valence-electron chi connectivity index (χ3n) is 2.75. The van der Waals surface area contributed by atoms with Crippen LogP contribution in [0.2, 0.25) is 10.0 Å². The van der Waals surface area contributed by atoms with E-state index in [9.17, 15) is 4.79 Å². The molecule has 1 N–H and O–H groups in total. The van der Waals surface area contributed by atoms with Gasteiger partial charge in [-0.25, -0.2) is 4.98 Å². The van der Waals surface area contributed by atoms with Crippen molar-refractivity contribution in [2.24, 2.45) is 0 Å². The molecule has 0 aliphatic carbocycles. The summed E-state index contributed by atoms with van der Waals surface area (Å²) in [6.45, 7) is 2.70. The van der Waals surface area contributed by atoms with Crippen molar-refractivity contribution in [1.29, 1.82) is 0 Å². The van der Waals surface area contributed by atoms with Gasteiger partial charge in [-0.2, -0.15) is 0 Å². The summed E-state index contributed by atoms with van der Waals surface area (Å²) in [5, 5.41) is 3.59. The predicted octanol–water partition coefficient (Wildman–Crippen LogP) is 3.72. The summed E-state index contributed by atoms with van der Waals surface area (Å²) in [5.74, 6) is 0.241. The van der Waals surface area contributed by atoms with Gasteiger partial charge in [-0.15, -0.1) is 0 Å². The molecule has 21 heavy (non-hydrogen) atoms. The van der Waals surface area contributed by atoms with Crippen LogP contribution in [0, 0.1) is 0 Å². The summed E-state index contributed by atoms with van der Waals surface area (Å²) in [6, 6.07) is 8.39. The van der Waals surface area contributed by atoms with Crippen LogP contribution >= 0.6 is 23.2 Å². The van der Waals surface area contributed by atoms with Crippen molar-refractivity contribution >= 4 is 29.1 Å². The van der Waals surface area contributed by atoms with Crippen molar-refractivity contribution in [1.82, 2.24) is 10.3 Å². The second-order valence-electron chi connectivity index (χ2n) is 4.21. The number of benzene rings is 1. The summed E-state index contributed by atoms with van der Waals surface area (Å²) in [7, 11) is 0. The molecule has 110 valence electrons. The fraction of sp³-hybridized carbons (Fsp3) is 0.200. The summed E-state index contributed by atoms with van der Waals surface area (Å²) in [5.41, 5.74) is 1.18. The molecular weight excluding hydrogens is 311 g/mol. The molecule has 0 aliphatic heterocycles. The van der Waals surface area contributed by atoms with Gasteiger partial charge < -0.3 is 10.1 Å². The first-order valence-corrected chi connectivity index (χ1v) is 7.17. The molecular formula is C15H14Cl2N2O2. The zero-order valence-corrected chi connectivity index (χ0v) is 12.9. The first-order valence-electron chi connectivity index (χ1n) is 6.41. The number of hydrogen-bond acceptors (Lipinski definition) is 3. The van der Waals surface area contributed by atoms with Gasteiger partial charge in [0.1, 0.15) is 0 Å². The lowest BCUT2D eigenvalue weighted by molar-refractivity contribution is 0.0950. The fourth-order valence-corrected chi connectivity index (χ4v) is 2.26. The Hall–Kier alpha value is -1.78. The first kappa shape index (κ1) is 15.6. The van der Waals surface area contributed by atoms with E-state index in [1.165, 1.54) is 6.07 Å². The van der Waals surface area contributed by atoms with Crippen LogP contribution in [0.4, 0.5) is 0 Å². The van der Waals surface area contributed by atoms with E-state index >= 15 is 0 Å². The standard InChI is InChI=1S/C15H14Cl2N2O2/c1-2-21-15-10(4-3-7-18-15)9-19-14(20)12-6-5-11(16)8-13(12)17/h3-8H,2,9H2,1H3,(H,19,20). The van der Waals surface area contributed by atoms with E-state index in [-0.39, 0.29) is 5.91 Å². The van der Waals surface area contributed by atoms with Gasteiger partial charge in [0.2, 0.25) is 5.88 Å². The molecule has 0 saturated heterocycles. The van der Waals surface area contributed by atoms with E-state index < -0.39 is 0 Å². The monoisotopic (exact) mass is 324 g/mol. The lowest BCUT2D eigenvalue weighted by Gasteiger charge is -2.10. The molecule has 0 aliphatic rings. The number of carbonyl (C=O) groups excluding carboxylic acids is 1. The number of hydrogen-bond donors (Lipinski definition) is 1. The molecule has 0 saturated carbocycles. The molecule has 1 aromatic heterocycles. The van der Waals surface area contributed by atoms with E-state index in [0.717, 1.165) is 5.56 Å². The minimum absolute atomic E-state index is 0.275. The van der Waals surface area contributed by atoms with Crippen molar-refractivity contribution < 1.29 is 9.53 Å². The van der Waals surface area contributed by atoms with Gasteiger partial charge in [-0.1, -0.05) is 29.3 Å².